The maximum Gasteiger partial charge on any atom is 0.407 e. The van der Waals surface area contributed by atoms with Crippen LogP contribution in [0, 0.1) is 6.57 Å². The van der Waals surface area contributed by atoms with Crippen molar-refractivity contribution in [2.45, 2.75) is 45.3 Å². The summed E-state index contributed by atoms with van der Waals surface area (Å²) in [7, 11) is 0. The molecule has 1 atom stereocenters. The van der Waals surface area contributed by atoms with E-state index in [9.17, 15) is 9.59 Å². The second-order valence-corrected chi connectivity index (χ2v) is 11.2. The van der Waals surface area contributed by atoms with Gasteiger partial charge in [-0.15, -0.1) is 11.3 Å². The van der Waals surface area contributed by atoms with Gasteiger partial charge in [0, 0.05) is 37.1 Å². The first kappa shape index (κ1) is 25.4. The van der Waals surface area contributed by atoms with Crippen molar-refractivity contribution in [3.63, 3.8) is 0 Å². The molecule has 9 nitrogen and oxygen atoms in total. The Morgan fingerprint density at radius 2 is 1.97 bits per heavy atom. The highest BCUT2D eigenvalue weighted by Gasteiger charge is 2.29. The van der Waals surface area contributed by atoms with Gasteiger partial charge in [-0.3, -0.25) is 4.79 Å². The number of piperidine rings is 1. The monoisotopic (exact) mass is 528 g/mol. The van der Waals surface area contributed by atoms with Crippen molar-refractivity contribution in [3.05, 3.63) is 71.2 Å². The Balaban J connectivity index is 1.44. The van der Waals surface area contributed by atoms with Crippen LogP contribution in [0.25, 0.3) is 32.2 Å². The lowest BCUT2D eigenvalue weighted by atomic mass is 10.0. The highest BCUT2D eigenvalue weighted by molar-refractivity contribution is 7.18. The van der Waals surface area contributed by atoms with Crippen molar-refractivity contribution < 1.29 is 14.3 Å². The fourth-order valence-electron chi connectivity index (χ4n) is 4.46. The molecule has 0 spiro atoms. The molecule has 38 heavy (non-hydrogen) atoms. The minimum absolute atomic E-state index is 0.0836. The third-order valence-corrected chi connectivity index (χ3v) is 7.31. The average Bonchev–Trinajstić information content (AvgIpc) is 3.54. The number of nitrogens with zero attached hydrogens (tertiary/aromatic N) is 5. The molecule has 10 heteroatoms. The summed E-state index contributed by atoms with van der Waals surface area (Å²) in [6.45, 7) is 13.8. The molecule has 0 radical (unpaired) electrons. The molecule has 1 saturated heterocycles. The van der Waals surface area contributed by atoms with Gasteiger partial charge in [-0.2, -0.15) is 5.10 Å². The summed E-state index contributed by atoms with van der Waals surface area (Å²) in [5.41, 5.74) is 3.21. The zero-order valence-electron chi connectivity index (χ0n) is 21.5. The van der Waals surface area contributed by atoms with Gasteiger partial charge in [-0.1, -0.05) is 24.3 Å². The Labute approximate surface area is 224 Å². The molecule has 0 aliphatic carbocycles. The van der Waals surface area contributed by atoms with E-state index in [1.165, 1.54) is 11.3 Å². The first-order chi connectivity index (χ1) is 18.2. The standard InChI is InChI=1S/C28H28N6O3S/c1-28(2,3)37-27(36)31-20-6-5-14-33(17-20)26(35)23-16-21(18-7-9-19(29-4)10-8-18)25(38-23)22-11-12-24-30-13-15-34(24)32-22/h7-13,15-16,20H,5-6,14,17H2,1-3H3,(H,31,36)/t20-/m1/s1. The van der Waals surface area contributed by atoms with Gasteiger partial charge in [0.25, 0.3) is 5.91 Å². The van der Waals surface area contributed by atoms with E-state index in [-0.39, 0.29) is 11.9 Å². The van der Waals surface area contributed by atoms with Gasteiger partial charge in [-0.25, -0.2) is 19.1 Å². The SMILES string of the molecule is [C-]#[N+]c1ccc(-c2cc(C(=O)N3CCC[C@@H](NC(=O)OC(C)(C)C)C3)sc2-c2ccc3nccn3n2)cc1. The first-order valence-electron chi connectivity index (χ1n) is 12.4. The third-order valence-electron chi connectivity index (χ3n) is 6.17. The predicted molar refractivity (Wildman–Crippen MR) is 146 cm³/mol. The summed E-state index contributed by atoms with van der Waals surface area (Å²) in [6.07, 6.45) is 4.58. The summed E-state index contributed by atoms with van der Waals surface area (Å²) in [4.78, 5) is 37.0. The zero-order chi connectivity index (χ0) is 26.9. The van der Waals surface area contributed by atoms with E-state index in [0.717, 1.165) is 40.2 Å². The Morgan fingerprint density at radius 1 is 1.18 bits per heavy atom. The number of imidazole rings is 1. The van der Waals surface area contributed by atoms with Gasteiger partial charge in [0.15, 0.2) is 11.3 Å². The third kappa shape index (κ3) is 5.53. The van der Waals surface area contributed by atoms with Crippen molar-refractivity contribution in [2.75, 3.05) is 13.1 Å². The van der Waals surface area contributed by atoms with E-state index >= 15 is 0 Å². The van der Waals surface area contributed by atoms with Crippen molar-refractivity contribution in [2.24, 2.45) is 0 Å². The lowest BCUT2D eigenvalue weighted by molar-refractivity contribution is 0.0453. The van der Waals surface area contributed by atoms with Crippen LogP contribution in [-0.4, -0.2) is 56.2 Å². The number of alkyl carbamates (subject to hydrolysis) is 1. The molecule has 1 aliphatic heterocycles. The summed E-state index contributed by atoms with van der Waals surface area (Å²) in [5.74, 6) is -0.0836. The molecule has 3 aromatic heterocycles. The van der Waals surface area contributed by atoms with Crippen LogP contribution >= 0.6 is 11.3 Å². The minimum atomic E-state index is -0.585. The molecule has 2 amide bonds. The van der Waals surface area contributed by atoms with E-state index < -0.39 is 11.7 Å². The minimum Gasteiger partial charge on any atom is -0.444 e. The molecule has 1 N–H and O–H groups in total. The summed E-state index contributed by atoms with van der Waals surface area (Å²) < 4.78 is 7.10. The summed E-state index contributed by atoms with van der Waals surface area (Å²) in [5, 5.41) is 7.62. The maximum atomic E-state index is 13.7. The van der Waals surface area contributed by atoms with Crippen LogP contribution in [0.2, 0.25) is 0 Å². The fraction of sp³-hybridized carbons (Fsp3) is 0.321. The molecule has 0 unspecified atom stereocenters. The Kier molecular flexibility index (Phi) is 6.87. The van der Waals surface area contributed by atoms with Gasteiger partial charge >= 0.3 is 6.09 Å². The number of carbonyl (C=O) groups excluding carboxylic acids is 2. The van der Waals surface area contributed by atoms with E-state index in [1.54, 1.807) is 33.9 Å². The van der Waals surface area contributed by atoms with Crippen molar-refractivity contribution in [3.8, 4) is 21.7 Å². The van der Waals surface area contributed by atoms with Gasteiger partial charge in [0.1, 0.15) is 11.3 Å². The number of hydrogen-bond acceptors (Lipinski definition) is 6. The number of nitrogens with one attached hydrogen (secondary N) is 1. The van der Waals surface area contributed by atoms with Crippen LogP contribution in [0.3, 0.4) is 0 Å². The van der Waals surface area contributed by atoms with E-state index in [2.05, 4.69) is 15.1 Å². The number of hydrogen-bond donors (Lipinski definition) is 1. The Hall–Kier alpha value is -4.23. The lowest BCUT2D eigenvalue weighted by Crippen LogP contribution is -2.50. The van der Waals surface area contributed by atoms with Crippen molar-refractivity contribution >= 4 is 34.7 Å². The molecule has 1 aliphatic rings. The number of carbonyl (C=O) groups is 2. The quantitative estimate of drug-likeness (QED) is 0.338. The molecule has 1 aromatic carbocycles. The molecular formula is C28H28N6O3S. The zero-order valence-corrected chi connectivity index (χ0v) is 22.3. The van der Waals surface area contributed by atoms with Crippen molar-refractivity contribution in [1.29, 1.82) is 0 Å². The van der Waals surface area contributed by atoms with Crippen molar-refractivity contribution in [1.82, 2.24) is 24.8 Å². The Bertz CT molecular complexity index is 1530. The van der Waals surface area contributed by atoms with Gasteiger partial charge < -0.3 is 15.0 Å². The molecule has 4 heterocycles. The van der Waals surface area contributed by atoms with Gasteiger partial charge in [-0.05, 0) is 57.4 Å². The number of rotatable bonds is 4. The van der Waals surface area contributed by atoms with E-state index in [1.807, 2.05) is 51.1 Å². The topological polar surface area (TPSA) is 93.2 Å². The first-order valence-corrected chi connectivity index (χ1v) is 13.2. The molecule has 4 aromatic rings. The summed E-state index contributed by atoms with van der Waals surface area (Å²) in [6, 6.07) is 12.9. The average molecular weight is 529 g/mol. The molecule has 0 bridgehead atoms. The Morgan fingerprint density at radius 3 is 2.71 bits per heavy atom. The van der Waals surface area contributed by atoms with Crippen LogP contribution in [-0.2, 0) is 4.74 Å². The normalized spacial score (nSPS) is 15.7. The number of aromatic nitrogens is 3. The van der Waals surface area contributed by atoms with Crippen LogP contribution in [0.1, 0.15) is 43.3 Å². The smallest absolute Gasteiger partial charge is 0.407 e. The number of benzene rings is 1. The second kappa shape index (κ2) is 10.3. The van der Waals surface area contributed by atoms with E-state index in [4.69, 9.17) is 16.4 Å². The number of ether oxygens (including phenoxy) is 1. The van der Waals surface area contributed by atoms with Gasteiger partial charge in [0.05, 0.1) is 16.3 Å². The highest BCUT2D eigenvalue weighted by atomic mass is 32.1. The molecule has 1 fully saturated rings. The number of likely N-dealkylation sites (tertiary alicyclic amines) is 1. The van der Waals surface area contributed by atoms with Gasteiger partial charge in [0.2, 0.25) is 0 Å². The lowest BCUT2D eigenvalue weighted by Gasteiger charge is -2.33. The largest absolute Gasteiger partial charge is 0.444 e. The molecular weight excluding hydrogens is 500 g/mol. The maximum absolute atomic E-state index is 13.7. The number of thiophene rings is 1. The highest BCUT2D eigenvalue weighted by Crippen LogP contribution is 2.40. The van der Waals surface area contributed by atoms with Crippen LogP contribution in [0.4, 0.5) is 10.5 Å². The number of fused-ring (bicyclic) bond motifs is 1. The summed E-state index contributed by atoms with van der Waals surface area (Å²) >= 11 is 1.39. The molecule has 194 valence electrons. The van der Waals surface area contributed by atoms with Crippen LogP contribution in [0.15, 0.2) is 54.9 Å². The second-order valence-electron chi connectivity index (χ2n) is 10.2. The fourth-order valence-corrected chi connectivity index (χ4v) is 5.58. The predicted octanol–water partition coefficient (Wildman–Crippen LogP) is 5.80. The van der Waals surface area contributed by atoms with Crippen LogP contribution in [0.5, 0.6) is 0 Å². The molecule has 5 rings (SSSR count). The molecule has 0 saturated carbocycles. The van der Waals surface area contributed by atoms with E-state index in [0.29, 0.717) is 23.7 Å². The number of amides is 2. The van der Waals surface area contributed by atoms with Crippen LogP contribution < -0.4 is 5.32 Å².